The van der Waals surface area contributed by atoms with Gasteiger partial charge in [0.2, 0.25) is 0 Å². The lowest BCUT2D eigenvalue weighted by atomic mass is 9.90. The summed E-state index contributed by atoms with van der Waals surface area (Å²) >= 11 is 0. The predicted molar refractivity (Wildman–Crippen MR) is 101 cm³/mol. The van der Waals surface area contributed by atoms with Crippen LogP contribution in [0.1, 0.15) is 29.7 Å². The molecule has 126 valence electrons. The third-order valence-electron chi connectivity index (χ3n) is 4.99. The van der Waals surface area contributed by atoms with Crippen LogP contribution in [0, 0.1) is 6.92 Å². The van der Waals surface area contributed by atoms with Gasteiger partial charge in [0.1, 0.15) is 5.75 Å². The lowest BCUT2D eigenvalue weighted by molar-refractivity contribution is 0.405. The van der Waals surface area contributed by atoms with E-state index in [0.29, 0.717) is 6.54 Å². The number of benzene rings is 2. The standard InChI is InChI=1S/C21H26N2O/c1-4-23-15(2)19(18-10-5-7-11-20(18)23)13-16(14-22)17-9-6-8-12-21(17)24-3/h5-12,16H,4,13-14,22H2,1-3H3. The summed E-state index contributed by atoms with van der Waals surface area (Å²) in [6.07, 6.45) is 0.927. The molecule has 0 aliphatic carbocycles. The van der Waals surface area contributed by atoms with E-state index < -0.39 is 0 Å². The molecule has 0 saturated carbocycles. The minimum atomic E-state index is 0.246. The van der Waals surface area contributed by atoms with Crippen molar-refractivity contribution in [1.82, 2.24) is 4.57 Å². The molecule has 1 heterocycles. The number of nitrogens with zero attached hydrogens (tertiary/aromatic N) is 1. The van der Waals surface area contributed by atoms with Gasteiger partial charge in [-0.1, -0.05) is 36.4 Å². The molecule has 0 aliphatic heterocycles. The van der Waals surface area contributed by atoms with Gasteiger partial charge in [0.25, 0.3) is 0 Å². The lowest BCUT2D eigenvalue weighted by Crippen LogP contribution is -2.16. The zero-order valence-electron chi connectivity index (χ0n) is 14.8. The van der Waals surface area contributed by atoms with Crippen LogP contribution < -0.4 is 10.5 Å². The second-order valence-corrected chi connectivity index (χ2v) is 6.20. The van der Waals surface area contributed by atoms with Gasteiger partial charge >= 0.3 is 0 Å². The molecule has 0 saturated heterocycles. The van der Waals surface area contributed by atoms with E-state index in [0.717, 1.165) is 18.7 Å². The first-order valence-corrected chi connectivity index (χ1v) is 8.60. The van der Waals surface area contributed by atoms with Crippen molar-refractivity contribution >= 4 is 10.9 Å². The van der Waals surface area contributed by atoms with Crippen LogP contribution in [0.4, 0.5) is 0 Å². The molecule has 0 amide bonds. The van der Waals surface area contributed by atoms with Crippen LogP contribution in [-0.2, 0) is 13.0 Å². The van der Waals surface area contributed by atoms with Gasteiger partial charge in [0.05, 0.1) is 7.11 Å². The number of nitrogens with two attached hydrogens (primary N) is 1. The van der Waals surface area contributed by atoms with Gasteiger partial charge < -0.3 is 15.0 Å². The van der Waals surface area contributed by atoms with Crippen molar-refractivity contribution < 1.29 is 4.74 Å². The van der Waals surface area contributed by atoms with Gasteiger partial charge in [0, 0.05) is 29.1 Å². The van der Waals surface area contributed by atoms with Crippen LogP contribution in [0.25, 0.3) is 10.9 Å². The summed E-state index contributed by atoms with van der Waals surface area (Å²) in [5, 5.41) is 1.34. The summed E-state index contributed by atoms with van der Waals surface area (Å²) in [6, 6.07) is 16.9. The van der Waals surface area contributed by atoms with Gasteiger partial charge in [-0.25, -0.2) is 0 Å². The average molecular weight is 322 g/mol. The van der Waals surface area contributed by atoms with Crippen molar-refractivity contribution in [2.24, 2.45) is 5.73 Å². The highest BCUT2D eigenvalue weighted by Gasteiger charge is 2.20. The minimum Gasteiger partial charge on any atom is -0.496 e. The van der Waals surface area contributed by atoms with E-state index in [-0.39, 0.29) is 5.92 Å². The van der Waals surface area contributed by atoms with E-state index in [1.54, 1.807) is 7.11 Å². The number of hydrogen-bond acceptors (Lipinski definition) is 2. The molecule has 3 rings (SSSR count). The Morgan fingerprint density at radius 1 is 1.08 bits per heavy atom. The van der Waals surface area contributed by atoms with Crippen LogP contribution >= 0.6 is 0 Å². The molecular formula is C21H26N2O. The number of aromatic nitrogens is 1. The zero-order valence-corrected chi connectivity index (χ0v) is 14.8. The van der Waals surface area contributed by atoms with E-state index in [1.165, 1.54) is 27.7 Å². The van der Waals surface area contributed by atoms with Crippen molar-refractivity contribution in [2.45, 2.75) is 32.7 Å². The Morgan fingerprint density at radius 3 is 2.50 bits per heavy atom. The van der Waals surface area contributed by atoms with Crippen LogP contribution in [0.5, 0.6) is 5.75 Å². The van der Waals surface area contributed by atoms with Crippen molar-refractivity contribution in [1.29, 1.82) is 0 Å². The Labute approximate surface area is 144 Å². The average Bonchev–Trinajstić information content (AvgIpc) is 2.90. The van der Waals surface area contributed by atoms with E-state index in [9.17, 15) is 0 Å². The Bertz CT molecular complexity index is 835. The molecule has 3 heteroatoms. The SMILES string of the molecule is CCn1c(C)c(CC(CN)c2ccccc2OC)c2ccccc21. The lowest BCUT2D eigenvalue weighted by Gasteiger charge is -2.18. The molecule has 24 heavy (non-hydrogen) atoms. The van der Waals surface area contributed by atoms with Crippen molar-refractivity contribution in [3.05, 3.63) is 65.4 Å². The monoisotopic (exact) mass is 322 g/mol. The fraction of sp³-hybridized carbons (Fsp3) is 0.333. The first kappa shape index (κ1) is 16.6. The highest BCUT2D eigenvalue weighted by Crippen LogP contribution is 2.33. The van der Waals surface area contributed by atoms with Crippen LogP contribution in [0.3, 0.4) is 0 Å². The molecule has 0 radical (unpaired) electrons. The predicted octanol–water partition coefficient (Wildman–Crippen LogP) is 4.26. The maximum atomic E-state index is 6.15. The number of aryl methyl sites for hydroxylation is 1. The summed E-state index contributed by atoms with van der Waals surface area (Å²) in [5.74, 6) is 1.17. The summed E-state index contributed by atoms with van der Waals surface area (Å²) in [7, 11) is 1.72. The Kier molecular flexibility index (Phi) is 4.91. The van der Waals surface area contributed by atoms with E-state index in [2.05, 4.69) is 54.8 Å². The third kappa shape index (κ3) is 2.80. The highest BCUT2D eigenvalue weighted by molar-refractivity contribution is 5.85. The second kappa shape index (κ2) is 7.10. The number of fused-ring (bicyclic) bond motifs is 1. The quantitative estimate of drug-likeness (QED) is 0.736. The van der Waals surface area contributed by atoms with Crippen LogP contribution in [-0.4, -0.2) is 18.2 Å². The second-order valence-electron chi connectivity index (χ2n) is 6.20. The van der Waals surface area contributed by atoms with Gasteiger partial charge in [-0.3, -0.25) is 0 Å². The first-order chi connectivity index (χ1) is 11.7. The molecule has 3 aromatic rings. The number of hydrogen-bond donors (Lipinski definition) is 1. The summed E-state index contributed by atoms with van der Waals surface area (Å²) in [4.78, 5) is 0. The van der Waals surface area contributed by atoms with Crippen molar-refractivity contribution in [3.8, 4) is 5.75 Å². The van der Waals surface area contributed by atoms with Crippen LogP contribution in [0.2, 0.25) is 0 Å². The van der Waals surface area contributed by atoms with E-state index >= 15 is 0 Å². The number of ether oxygens (including phenoxy) is 1. The Morgan fingerprint density at radius 2 is 1.79 bits per heavy atom. The molecule has 3 nitrogen and oxygen atoms in total. The molecule has 1 aromatic heterocycles. The summed E-state index contributed by atoms with van der Waals surface area (Å²) in [5.41, 5.74) is 11.4. The van der Waals surface area contributed by atoms with Gasteiger partial charge in [0.15, 0.2) is 0 Å². The number of methoxy groups -OCH3 is 1. The minimum absolute atomic E-state index is 0.246. The molecular weight excluding hydrogens is 296 g/mol. The van der Waals surface area contributed by atoms with E-state index in [4.69, 9.17) is 10.5 Å². The smallest absolute Gasteiger partial charge is 0.122 e. The first-order valence-electron chi connectivity index (χ1n) is 8.60. The molecule has 2 N–H and O–H groups in total. The third-order valence-corrected chi connectivity index (χ3v) is 4.99. The fourth-order valence-corrected chi connectivity index (χ4v) is 3.74. The summed E-state index contributed by atoms with van der Waals surface area (Å²) in [6.45, 7) is 6.00. The van der Waals surface area contributed by atoms with Crippen molar-refractivity contribution in [2.75, 3.05) is 13.7 Å². The maximum Gasteiger partial charge on any atom is 0.122 e. The Hall–Kier alpha value is -2.26. The fourth-order valence-electron chi connectivity index (χ4n) is 3.74. The molecule has 0 aliphatic rings. The van der Waals surface area contributed by atoms with Gasteiger partial charge in [-0.2, -0.15) is 0 Å². The highest BCUT2D eigenvalue weighted by atomic mass is 16.5. The normalized spacial score (nSPS) is 12.5. The van der Waals surface area contributed by atoms with Gasteiger partial charge in [-0.05, 0) is 50.1 Å². The molecule has 0 fully saturated rings. The topological polar surface area (TPSA) is 40.2 Å². The van der Waals surface area contributed by atoms with Crippen molar-refractivity contribution in [3.63, 3.8) is 0 Å². The summed E-state index contributed by atoms with van der Waals surface area (Å²) < 4.78 is 7.94. The Balaban J connectivity index is 2.06. The number of rotatable bonds is 6. The maximum absolute atomic E-state index is 6.15. The van der Waals surface area contributed by atoms with E-state index in [1.807, 2.05) is 12.1 Å². The van der Waals surface area contributed by atoms with Gasteiger partial charge in [-0.15, -0.1) is 0 Å². The molecule has 1 atom stereocenters. The van der Waals surface area contributed by atoms with Crippen LogP contribution in [0.15, 0.2) is 48.5 Å². The number of para-hydroxylation sites is 2. The largest absolute Gasteiger partial charge is 0.496 e. The molecule has 2 aromatic carbocycles. The molecule has 0 bridgehead atoms. The zero-order chi connectivity index (χ0) is 17.1. The molecule has 1 unspecified atom stereocenters. The molecule has 0 spiro atoms.